The third kappa shape index (κ3) is 4.03. The molecule has 1 amide bonds. The summed E-state index contributed by atoms with van der Waals surface area (Å²) in [5, 5.41) is 13.9. The lowest BCUT2D eigenvalue weighted by atomic mass is 10.2. The van der Waals surface area contributed by atoms with Crippen molar-refractivity contribution < 1.29 is 9.18 Å². The van der Waals surface area contributed by atoms with Crippen LogP contribution in [-0.4, -0.2) is 22.1 Å². The van der Waals surface area contributed by atoms with Gasteiger partial charge in [-0.05, 0) is 31.0 Å². The molecule has 1 fully saturated rings. The average molecular weight is 314 g/mol. The van der Waals surface area contributed by atoms with E-state index in [1.807, 2.05) is 0 Å². The van der Waals surface area contributed by atoms with Crippen LogP contribution in [0.25, 0.3) is 0 Å². The number of carbonyl (C=O) groups is 1. The predicted molar refractivity (Wildman–Crippen MR) is 85.5 cm³/mol. The number of hydrogen-bond donors (Lipinski definition) is 2. The molecule has 1 aromatic carbocycles. The Morgan fingerprint density at radius 3 is 2.61 bits per heavy atom. The standard InChI is InChI=1S/C17H19FN4O/c18-14-8-4-1-5-12(14)11-19-17(23)15-9-10-16(22-21-15)20-13-6-2-3-7-13/h1,4-5,8-10,13H,2-3,6-7,11H2,(H,19,23)(H,20,22). The molecule has 0 bridgehead atoms. The van der Waals surface area contributed by atoms with E-state index in [-0.39, 0.29) is 24.0 Å². The van der Waals surface area contributed by atoms with E-state index in [0.29, 0.717) is 17.4 Å². The van der Waals surface area contributed by atoms with E-state index < -0.39 is 0 Å². The first-order chi connectivity index (χ1) is 11.2. The summed E-state index contributed by atoms with van der Waals surface area (Å²) in [6.45, 7) is 0.120. The van der Waals surface area contributed by atoms with Crippen molar-refractivity contribution in [1.29, 1.82) is 0 Å². The van der Waals surface area contributed by atoms with Crippen molar-refractivity contribution >= 4 is 11.7 Å². The normalized spacial score (nSPS) is 14.7. The van der Waals surface area contributed by atoms with E-state index in [1.165, 1.54) is 18.9 Å². The van der Waals surface area contributed by atoms with Gasteiger partial charge in [-0.3, -0.25) is 4.79 Å². The van der Waals surface area contributed by atoms with E-state index in [1.54, 1.807) is 30.3 Å². The molecule has 120 valence electrons. The van der Waals surface area contributed by atoms with Gasteiger partial charge in [0.2, 0.25) is 0 Å². The lowest BCUT2D eigenvalue weighted by Crippen LogP contribution is -2.25. The Hall–Kier alpha value is -2.50. The van der Waals surface area contributed by atoms with Crippen LogP contribution in [0.15, 0.2) is 36.4 Å². The number of halogens is 1. The highest BCUT2D eigenvalue weighted by Crippen LogP contribution is 2.21. The van der Waals surface area contributed by atoms with Crippen molar-refractivity contribution in [2.24, 2.45) is 0 Å². The summed E-state index contributed by atoms with van der Waals surface area (Å²) in [5.74, 6) is -0.0225. The minimum absolute atomic E-state index is 0.120. The summed E-state index contributed by atoms with van der Waals surface area (Å²) in [6.07, 6.45) is 4.77. The van der Waals surface area contributed by atoms with Crippen LogP contribution in [0.1, 0.15) is 41.7 Å². The fraction of sp³-hybridized carbons (Fsp3) is 0.353. The molecule has 0 saturated heterocycles. The van der Waals surface area contributed by atoms with Gasteiger partial charge in [-0.2, -0.15) is 0 Å². The van der Waals surface area contributed by atoms with Gasteiger partial charge in [0.1, 0.15) is 11.6 Å². The van der Waals surface area contributed by atoms with Crippen molar-refractivity contribution in [1.82, 2.24) is 15.5 Å². The van der Waals surface area contributed by atoms with Gasteiger partial charge in [0.25, 0.3) is 5.91 Å². The molecular weight excluding hydrogens is 295 g/mol. The summed E-state index contributed by atoms with van der Waals surface area (Å²) >= 11 is 0. The molecule has 6 heteroatoms. The SMILES string of the molecule is O=C(NCc1ccccc1F)c1ccc(NC2CCCC2)nn1. The van der Waals surface area contributed by atoms with Crippen molar-refractivity contribution in [3.63, 3.8) is 0 Å². The molecule has 0 radical (unpaired) electrons. The minimum atomic E-state index is -0.367. The summed E-state index contributed by atoms with van der Waals surface area (Å²) in [7, 11) is 0. The molecule has 0 atom stereocenters. The van der Waals surface area contributed by atoms with Gasteiger partial charge in [0.15, 0.2) is 5.69 Å². The Bertz CT molecular complexity index is 669. The van der Waals surface area contributed by atoms with Crippen LogP contribution < -0.4 is 10.6 Å². The second kappa shape index (κ2) is 7.17. The van der Waals surface area contributed by atoms with E-state index in [0.717, 1.165) is 12.8 Å². The summed E-state index contributed by atoms with van der Waals surface area (Å²) in [6, 6.07) is 10.2. The number of nitrogens with zero attached hydrogens (tertiary/aromatic N) is 2. The maximum atomic E-state index is 13.5. The number of amides is 1. The quantitative estimate of drug-likeness (QED) is 0.890. The molecule has 1 aromatic heterocycles. The zero-order valence-corrected chi connectivity index (χ0v) is 12.8. The molecule has 1 saturated carbocycles. The van der Waals surface area contributed by atoms with Gasteiger partial charge in [0, 0.05) is 18.2 Å². The maximum Gasteiger partial charge on any atom is 0.272 e. The highest BCUT2D eigenvalue weighted by molar-refractivity contribution is 5.92. The van der Waals surface area contributed by atoms with Crippen molar-refractivity contribution in [3.05, 3.63) is 53.5 Å². The zero-order valence-electron chi connectivity index (χ0n) is 12.8. The van der Waals surface area contributed by atoms with Gasteiger partial charge < -0.3 is 10.6 Å². The highest BCUT2D eigenvalue weighted by Gasteiger charge is 2.15. The first kappa shape index (κ1) is 15.4. The highest BCUT2D eigenvalue weighted by atomic mass is 19.1. The molecule has 23 heavy (non-hydrogen) atoms. The summed E-state index contributed by atoms with van der Waals surface area (Å²) in [4.78, 5) is 12.0. The monoisotopic (exact) mass is 314 g/mol. The van der Waals surface area contributed by atoms with Gasteiger partial charge >= 0.3 is 0 Å². The number of nitrogens with one attached hydrogen (secondary N) is 2. The van der Waals surface area contributed by atoms with Gasteiger partial charge in [0.05, 0.1) is 0 Å². The average Bonchev–Trinajstić information content (AvgIpc) is 3.07. The number of benzene rings is 1. The molecule has 2 N–H and O–H groups in total. The van der Waals surface area contributed by atoms with E-state index in [9.17, 15) is 9.18 Å². The van der Waals surface area contributed by atoms with E-state index in [4.69, 9.17) is 0 Å². The summed E-state index contributed by atoms with van der Waals surface area (Å²) in [5.41, 5.74) is 0.659. The molecular formula is C17H19FN4O. The van der Waals surface area contributed by atoms with Gasteiger partial charge in [-0.15, -0.1) is 10.2 Å². The Morgan fingerprint density at radius 1 is 1.13 bits per heavy atom. The third-order valence-electron chi connectivity index (χ3n) is 4.00. The topological polar surface area (TPSA) is 66.9 Å². The van der Waals surface area contributed by atoms with Crippen LogP contribution in [0.5, 0.6) is 0 Å². The molecule has 1 heterocycles. The molecule has 1 aliphatic carbocycles. The molecule has 0 unspecified atom stereocenters. The Morgan fingerprint density at radius 2 is 1.91 bits per heavy atom. The Balaban J connectivity index is 1.56. The zero-order chi connectivity index (χ0) is 16.1. The molecule has 3 rings (SSSR count). The third-order valence-corrected chi connectivity index (χ3v) is 4.00. The van der Waals surface area contributed by atoms with Crippen molar-refractivity contribution in [3.8, 4) is 0 Å². The number of aromatic nitrogens is 2. The molecule has 0 aliphatic heterocycles. The van der Waals surface area contributed by atoms with Gasteiger partial charge in [-0.1, -0.05) is 31.0 Å². The maximum absolute atomic E-state index is 13.5. The van der Waals surface area contributed by atoms with Crippen LogP contribution in [0.3, 0.4) is 0 Å². The van der Waals surface area contributed by atoms with Crippen molar-refractivity contribution in [2.45, 2.75) is 38.3 Å². The van der Waals surface area contributed by atoms with Crippen LogP contribution in [-0.2, 0) is 6.54 Å². The first-order valence-electron chi connectivity index (χ1n) is 7.84. The van der Waals surface area contributed by atoms with E-state index in [2.05, 4.69) is 20.8 Å². The Kier molecular flexibility index (Phi) is 4.80. The second-order valence-electron chi connectivity index (χ2n) is 5.70. The second-order valence-corrected chi connectivity index (χ2v) is 5.70. The lowest BCUT2D eigenvalue weighted by molar-refractivity contribution is 0.0944. The number of carbonyl (C=O) groups excluding carboxylic acids is 1. The number of hydrogen-bond acceptors (Lipinski definition) is 4. The smallest absolute Gasteiger partial charge is 0.272 e. The lowest BCUT2D eigenvalue weighted by Gasteiger charge is -2.12. The molecule has 1 aliphatic rings. The fourth-order valence-corrected chi connectivity index (χ4v) is 2.72. The first-order valence-corrected chi connectivity index (χ1v) is 7.84. The molecule has 5 nitrogen and oxygen atoms in total. The summed E-state index contributed by atoms with van der Waals surface area (Å²) < 4.78 is 13.5. The van der Waals surface area contributed by atoms with Crippen LogP contribution in [0.2, 0.25) is 0 Å². The molecule has 0 spiro atoms. The van der Waals surface area contributed by atoms with Crippen LogP contribution >= 0.6 is 0 Å². The fourth-order valence-electron chi connectivity index (χ4n) is 2.72. The van der Waals surface area contributed by atoms with Crippen LogP contribution in [0, 0.1) is 5.82 Å². The number of anilines is 1. The predicted octanol–water partition coefficient (Wildman–Crippen LogP) is 2.90. The molecule has 2 aromatic rings. The minimum Gasteiger partial charge on any atom is -0.366 e. The Labute approximate surface area is 134 Å². The van der Waals surface area contributed by atoms with Crippen LogP contribution in [0.4, 0.5) is 10.2 Å². The van der Waals surface area contributed by atoms with Gasteiger partial charge in [-0.25, -0.2) is 4.39 Å². The van der Waals surface area contributed by atoms with Crippen molar-refractivity contribution in [2.75, 3.05) is 5.32 Å². The van der Waals surface area contributed by atoms with E-state index >= 15 is 0 Å². The number of rotatable bonds is 5. The largest absolute Gasteiger partial charge is 0.366 e.